The van der Waals surface area contributed by atoms with Crippen molar-refractivity contribution in [3.63, 3.8) is 0 Å². The summed E-state index contributed by atoms with van der Waals surface area (Å²) in [4.78, 5) is 10.9. The highest BCUT2D eigenvalue weighted by Gasteiger charge is 2.23. The molecule has 2 aromatic carbocycles. The molecule has 0 amide bonds. The molecule has 0 aliphatic carbocycles. The van der Waals surface area contributed by atoms with Crippen molar-refractivity contribution < 1.29 is 24.5 Å². The summed E-state index contributed by atoms with van der Waals surface area (Å²) >= 11 is 0. The lowest BCUT2D eigenvalue weighted by atomic mass is 9.91. The first-order valence-electron chi connectivity index (χ1n) is 12.3. The number of hydrogen-bond donors (Lipinski definition) is 3. The molecule has 37 heavy (non-hydrogen) atoms. The van der Waals surface area contributed by atoms with Crippen LogP contribution < -0.4 is 0 Å². The molecule has 4 aromatic rings. The molecular formula is C30H31FN2O4. The number of carbonyl (C=O) groups is 1. The normalized spacial score (nSPS) is 13.5. The first-order chi connectivity index (χ1) is 17.7. The molecule has 3 N–H and O–H groups in total. The van der Waals surface area contributed by atoms with Crippen molar-refractivity contribution in [1.29, 1.82) is 0 Å². The van der Waals surface area contributed by atoms with Crippen LogP contribution in [0.25, 0.3) is 33.8 Å². The average molecular weight is 503 g/mol. The molecule has 7 heteroatoms. The van der Waals surface area contributed by atoms with Gasteiger partial charge in [0.1, 0.15) is 5.82 Å². The van der Waals surface area contributed by atoms with Crippen LogP contribution in [0.2, 0.25) is 0 Å². The van der Waals surface area contributed by atoms with Crippen molar-refractivity contribution in [3.05, 3.63) is 89.5 Å². The van der Waals surface area contributed by atoms with E-state index in [1.165, 1.54) is 12.1 Å². The topological polar surface area (TPSA) is 95.1 Å². The summed E-state index contributed by atoms with van der Waals surface area (Å²) in [6.07, 6.45) is 0.540. The van der Waals surface area contributed by atoms with E-state index in [-0.39, 0.29) is 18.2 Å². The van der Waals surface area contributed by atoms with Crippen LogP contribution in [-0.2, 0) is 4.79 Å². The van der Waals surface area contributed by atoms with Crippen molar-refractivity contribution in [2.45, 2.75) is 51.7 Å². The van der Waals surface area contributed by atoms with Gasteiger partial charge in [0.2, 0.25) is 0 Å². The zero-order chi connectivity index (χ0) is 26.7. The van der Waals surface area contributed by atoms with Crippen LogP contribution in [-0.4, -0.2) is 43.1 Å². The summed E-state index contributed by atoms with van der Waals surface area (Å²) in [6, 6.07) is 18.4. The quantitative estimate of drug-likeness (QED) is 0.267. The van der Waals surface area contributed by atoms with Gasteiger partial charge in [-0.25, -0.2) is 8.91 Å². The molecule has 0 bridgehead atoms. The van der Waals surface area contributed by atoms with Crippen LogP contribution in [0.1, 0.15) is 49.6 Å². The summed E-state index contributed by atoms with van der Waals surface area (Å²) in [5.74, 6) is -1.44. The van der Waals surface area contributed by atoms with Gasteiger partial charge in [-0.05, 0) is 42.2 Å². The maximum absolute atomic E-state index is 13.9. The van der Waals surface area contributed by atoms with Gasteiger partial charge in [0.15, 0.2) is 0 Å². The molecule has 2 unspecified atom stereocenters. The van der Waals surface area contributed by atoms with Gasteiger partial charge in [0, 0.05) is 28.8 Å². The summed E-state index contributed by atoms with van der Waals surface area (Å²) in [6.45, 7) is 6.06. The Bertz CT molecular complexity index is 1430. The van der Waals surface area contributed by atoms with Crippen molar-refractivity contribution in [1.82, 2.24) is 9.61 Å². The molecule has 192 valence electrons. The minimum absolute atomic E-state index is 0.0277. The number of aliphatic carboxylic acids is 1. The third-order valence-corrected chi connectivity index (χ3v) is 6.32. The molecule has 0 aliphatic heterocycles. The SMILES string of the molecule is Cc1cc(-c2ccccc2)c2c(-c3ccc(F)cc3)c(/C=C/C(O)CC(O)CC(=O)O)c(C(C)C)nn12. The molecule has 4 rings (SSSR count). The monoisotopic (exact) mass is 502 g/mol. The molecule has 2 aromatic heterocycles. The molecule has 0 saturated heterocycles. The first kappa shape index (κ1) is 26.3. The molecule has 0 radical (unpaired) electrons. The van der Waals surface area contributed by atoms with Gasteiger partial charge in [-0.3, -0.25) is 4.79 Å². The van der Waals surface area contributed by atoms with Crippen LogP contribution in [0.5, 0.6) is 0 Å². The van der Waals surface area contributed by atoms with Gasteiger partial charge >= 0.3 is 5.97 Å². The molecule has 0 fully saturated rings. The molecule has 2 heterocycles. The Morgan fingerprint density at radius 1 is 1.05 bits per heavy atom. The number of aliphatic hydroxyl groups is 2. The highest BCUT2D eigenvalue weighted by Crippen LogP contribution is 2.40. The Morgan fingerprint density at radius 3 is 2.35 bits per heavy atom. The number of carboxylic acid groups (broad SMARTS) is 1. The molecule has 6 nitrogen and oxygen atoms in total. The van der Waals surface area contributed by atoms with Crippen LogP contribution in [0.15, 0.2) is 66.7 Å². The Morgan fingerprint density at radius 2 is 1.73 bits per heavy atom. The second-order valence-electron chi connectivity index (χ2n) is 9.58. The maximum atomic E-state index is 13.9. The zero-order valence-corrected chi connectivity index (χ0v) is 21.1. The highest BCUT2D eigenvalue weighted by atomic mass is 19.1. The first-order valence-corrected chi connectivity index (χ1v) is 12.3. The van der Waals surface area contributed by atoms with Gasteiger partial charge in [0.25, 0.3) is 0 Å². The van der Waals surface area contributed by atoms with E-state index < -0.39 is 24.6 Å². The average Bonchev–Trinajstić information content (AvgIpc) is 3.18. The fraction of sp³-hybridized carbons (Fsp3) is 0.267. The van der Waals surface area contributed by atoms with Crippen molar-refractivity contribution in [3.8, 4) is 22.3 Å². The lowest BCUT2D eigenvalue weighted by molar-refractivity contribution is -0.139. The van der Waals surface area contributed by atoms with Crippen molar-refractivity contribution in [2.75, 3.05) is 0 Å². The number of rotatable bonds is 9. The van der Waals surface area contributed by atoms with E-state index in [9.17, 15) is 19.4 Å². The number of aryl methyl sites for hydroxylation is 1. The van der Waals surface area contributed by atoms with Gasteiger partial charge in [0.05, 0.1) is 29.8 Å². The van der Waals surface area contributed by atoms with E-state index >= 15 is 0 Å². The van der Waals surface area contributed by atoms with Crippen molar-refractivity contribution >= 4 is 17.6 Å². The molecule has 2 atom stereocenters. The van der Waals surface area contributed by atoms with Gasteiger partial charge in [-0.2, -0.15) is 5.10 Å². The Hall–Kier alpha value is -3.81. The summed E-state index contributed by atoms with van der Waals surface area (Å²) in [5.41, 5.74) is 7.02. The molecule has 0 saturated carbocycles. The van der Waals surface area contributed by atoms with E-state index in [2.05, 4.69) is 6.07 Å². The van der Waals surface area contributed by atoms with Gasteiger partial charge in [-0.15, -0.1) is 0 Å². The number of aliphatic hydroxyl groups excluding tert-OH is 2. The number of carboxylic acids is 1. The fourth-order valence-corrected chi connectivity index (χ4v) is 4.61. The number of nitrogens with zero attached hydrogens (tertiary/aromatic N) is 2. The van der Waals surface area contributed by atoms with E-state index in [4.69, 9.17) is 10.2 Å². The third-order valence-electron chi connectivity index (χ3n) is 6.32. The summed E-state index contributed by atoms with van der Waals surface area (Å²) in [7, 11) is 0. The lowest BCUT2D eigenvalue weighted by Gasteiger charge is -2.19. The molecular weight excluding hydrogens is 471 g/mol. The number of aromatic nitrogens is 2. The van der Waals surface area contributed by atoms with E-state index in [1.54, 1.807) is 24.3 Å². The van der Waals surface area contributed by atoms with Crippen molar-refractivity contribution in [2.24, 2.45) is 0 Å². The third kappa shape index (κ3) is 5.79. The number of halogens is 1. The predicted octanol–water partition coefficient (Wildman–Crippen LogP) is 5.84. The lowest BCUT2D eigenvalue weighted by Crippen LogP contribution is -2.19. The van der Waals surface area contributed by atoms with Crippen LogP contribution in [0.3, 0.4) is 0 Å². The zero-order valence-electron chi connectivity index (χ0n) is 21.1. The summed E-state index contributed by atoms with van der Waals surface area (Å²) < 4.78 is 15.8. The molecule has 0 aliphatic rings. The minimum Gasteiger partial charge on any atom is -0.481 e. The maximum Gasteiger partial charge on any atom is 0.305 e. The Kier molecular flexibility index (Phi) is 7.86. The largest absolute Gasteiger partial charge is 0.481 e. The van der Waals surface area contributed by atoms with Gasteiger partial charge in [-0.1, -0.05) is 68.5 Å². The van der Waals surface area contributed by atoms with Crippen LogP contribution in [0.4, 0.5) is 4.39 Å². The fourth-order valence-electron chi connectivity index (χ4n) is 4.61. The standard InChI is InChI=1S/C30H31FN2O4/c1-18(2)29-25(14-13-23(34)16-24(35)17-27(36)37)28(21-9-11-22(31)12-10-21)30-26(15-19(3)33(30)32-29)20-7-5-4-6-8-20/h4-15,18,23-24,34-35H,16-17H2,1-3H3,(H,36,37)/b14-13+. The second kappa shape index (κ2) is 11.1. The van der Waals surface area contributed by atoms with E-state index in [0.717, 1.165) is 44.7 Å². The minimum atomic E-state index is -1.17. The number of fused-ring (bicyclic) bond motifs is 1. The number of benzene rings is 2. The Labute approximate surface area is 215 Å². The Balaban J connectivity index is 1.97. The van der Waals surface area contributed by atoms with Crippen LogP contribution in [0, 0.1) is 12.7 Å². The predicted molar refractivity (Wildman–Crippen MR) is 143 cm³/mol. The highest BCUT2D eigenvalue weighted by molar-refractivity contribution is 5.97. The summed E-state index contributed by atoms with van der Waals surface area (Å²) in [5, 5.41) is 34.4. The number of hydrogen-bond acceptors (Lipinski definition) is 4. The van der Waals surface area contributed by atoms with E-state index in [0.29, 0.717) is 0 Å². The second-order valence-corrected chi connectivity index (χ2v) is 9.58. The van der Waals surface area contributed by atoms with Gasteiger partial charge < -0.3 is 15.3 Å². The van der Waals surface area contributed by atoms with E-state index in [1.807, 2.05) is 55.6 Å². The molecule has 0 spiro atoms. The smallest absolute Gasteiger partial charge is 0.305 e. The van der Waals surface area contributed by atoms with Crippen LogP contribution >= 0.6 is 0 Å².